The Balaban J connectivity index is 1.86. The molecule has 0 radical (unpaired) electrons. The van der Waals surface area contributed by atoms with Crippen molar-refractivity contribution in [3.8, 4) is 5.75 Å². The molecule has 0 fully saturated rings. The van der Waals surface area contributed by atoms with Gasteiger partial charge in [-0.25, -0.2) is 4.98 Å². The number of hydrogen-bond donors (Lipinski definition) is 3. The van der Waals surface area contributed by atoms with Crippen molar-refractivity contribution in [3.05, 3.63) is 45.9 Å². The predicted octanol–water partition coefficient (Wildman–Crippen LogP) is 1.89. The van der Waals surface area contributed by atoms with Gasteiger partial charge in [-0.2, -0.15) is 13.2 Å². The van der Waals surface area contributed by atoms with Gasteiger partial charge in [-0.05, 0) is 17.7 Å². The Labute approximate surface area is 157 Å². The van der Waals surface area contributed by atoms with Gasteiger partial charge >= 0.3 is 6.18 Å². The average Bonchev–Trinajstić information content (AvgIpc) is 3.10. The number of rotatable bonds is 7. The van der Waals surface area contributed by atoms with Crippen LogP contribution in [-0.2, 0) is 24.1 Å². The molecule has 2 aromatic rings. The van der Waals surface area contributed by atoms with Gasteiger partial charge < -0.3 is 21.1 Å². The first kappa shape index (κ1) is 20.5. The number of aliphatic imine (C=N–C) groups is 1. The second kappa shape index (κ2) is 9.21. The molecule has 0 atom stereocenters. The second-order valence-electron chi connectivity index (χ2n) is 5.31. The topological polar surface area (TPSA) is 102 Å². The van der Waals surface area contributed by atoms with Gasteiger partial charge in [0.1, 0.15) is 10.8 Å². The third kappa shape index (κ3) is 6.77. The molecule has 0 aliphatic rings. The smallest absolute Gasteiger partial charge is 0.434 e. The van der Waals surface area contributed by atoms with Crippen LogP contribution in [0.15, 0.2) is 34.6 Å². The van der Waals surface area contributed by atoms with Gasteiger partial charge in [-0.15, -0.1) is 11.3 Å². The predicted molar refractivity (Wildman–Crippen MR) is 95.3 cm³/mol. The van der Waals surface area contributed by atoms with Crippen LogP contribution in [0.3, 0.4) is 0 Å². The minimum atomic E-state index is -4.45. The monoisotopic (exact) mass is 401 g/mol. The molecule has 0 aliphatic carbocycles. The zero-order valence-corrected chi connectivity index (χ0v) is 15.2. The summed E-state index contributed by atoms with van der Waals surface area (Å²) < 4.78 is 42.9. The number of hydrogen-bond acceptors (Lipinski definition) is 5. The second-order valence-corrected chi connectivity index (χ2v) is 6.25. The lowest BCUT2D eigenvalue weighted by Crippen LogP contribution is -2.36. The van der Waals surface area contributed by atoms with Gasteiger partial charge in [0.05, 0.1) is 6.54 Å². The summed E-state index contributed by atoms with van der Waals surface area (Å²) in [6, 6.07) is 7.03. The largest absolute Gasteiger partial charge is 0.484 e. The van der Waals surface area contributed by atoms with E-state index >= 15 is 0 Å². The third-order valence-electron chi connectivity index (χ3n) is 3.21. The van der Waals surface area contributed by atoms with Crippen molar-refractivity contribution in [2.45, 2.75) is 19.3 Å². The van der Waals surface area contributed by atoms with E-state index in [1.54, 1.807) is 25.2 Å². The minimum absolute atomic E-state index is 0.113. The van der Waals surface area contributed by atoms with Crippen molar-refractivity contribution in [1.29, 1.82) is 0 Å². The number of nitrogens with one attached hydrogen (secondary N) is 2. The summed E-state index contributed by atoms with van der Waals surface area (Å²) in [4.78, 5) is 18.3. The van der Waals surface area contributed by atoms with E-state index in [4.69, 9.17) is 10.5 Å². The number of aromatic nitrogens is 1. The molecular weight excluding hydrogens is 383 g/mol. The number of carbonyl (C=O) groups is 1. The number of benzene rings is 1. The fraction of sp³-hybridized carbons (Fsp3) is 0.312. The van der Waals surface area contributed by atoms with E-state index in [1.807, 2.05) is 6.07 Å². The maximum atomic E-state index is 12.6. The Kier molecular flexibility index (Phi) is 6.99. The Morgan fingerprint density at radius 1 is 1.33 bits per heavy atom. The number of ether oxygens (including phenoxy) is 1. The van der Waals surface area contributed by atoms with Crippen LogP contribution >= 0.6 is 11.3 Å². The molecule has 11 heteroatoms. The molecule has 0 saturated heterocycles. The van der Waals surface area contributed by atoms with Gasteiger partial charge in [0.2, 0.25) is 0 Å². The first-order chi connectivity index (χ1) is 12.8. The van der Waals surface area contributed by atoms with Crippen molar-refractivity contribution in [3.63, 3.8) is 0 Å². The number of halogens is 3. The number of primary amides is 1. The first-order valence-corrected chi connectivity index (χ1v) is 8.62. The minimum Gasteiger partial charge on any atom is -0.484 e. The summed E-state index contributed by atoms with van der Waals surface area (Å²) in [6.07, 6.45) is -4.45. The molecule has 146 valence electrons. The lowest BCUT2D eigenvalue weighted by atomic mass is 10.2. The van der Waals surface area contributed by atoms with Gasteiger partial charge in [0.15, 0.2) is 18.3 Å². The number of thiazole rings is 1. The lowest BCUT2D eigenvalue weighted by Gasteiger charge is -2.12. The van der Waals surface area contributed by atoms with E-state index in [1.165, 1.54) is 0 Å². The van der Waals surface area contributed by atoms with E-state index in [2.05, 4.69) is 20.6 Å². The molecule has 1 amide bonds. The van der Waals surface area contributed by atoms with E-state index in [-0.39, 0.29) is 13.2 Å². The van der Waals surface area contributed by atoms with Crippen LogP contribution in [0, 0.1) is 0 Å². The number of nitrogens with zero attached hydrogens (tertiary/aromatic N) is 2. The van der Waals surface area contributed by atoms with Gasteiger partial charge in [-0.1, -0.05) is 12.1 Å². The third-order valence-corrected chi connectivity index (χ3v) is 4.06. The van der Waals surface area contributed by atoms with E-state index < -0.39 is 17.8 Å². The van der Waals surface area contributed by atoms with Gasteiger partial charge in [-0.3, -0.25) is 9.79 Å². The Hall–Kier alpha value is -2.82. The number of guanidine groups is 1. The molecule has 0 saturated carbocycles. The molecule has 7 nitrogen and oxygen atoms in total. The van der Waals surface area contributed by atoms with Crippen molar-refractivity contribution in [2.24, 2.45) is 10.7 Å². The fourth-order valence-corrected chi connectivity index (χ4v) is 2.73. The summed E-state index contributed by atoms with van der Waals surface area (Å²) in [5, 5.41) is 7.21. The standard InChI is InChI=1S/C16H18F3N5O2S/c1-21-15(23-7-14-24-12(9-27-14)16(17,18)19)22-6-10-3-2-4-11(5-10)26-8-13(20)25/h2-5,9H,6-8H2,1H3,(H2,20,25)(H2,21,22,23). The van der Waals surface area contributed by atoms with Crippen LogP contribution in [0.1, 0.15) is 16.3 Å². The molecule has 0 spiro atoms. The van der Waals surface area contributed by atoms with Crippen LogP contribution < -0.4 is 21.1 Å². The summed E-state index contributed by atoms with van der Waals surface area (Å²) in [7, 11) is 1.55. The van der Waals surface area contributed by atoms with E-state index in [0.717, 1.165) is 22.3 Å². The SMILES string of the molecule is CN=C(NCc1cccc(OCC(N)=O)c1)NCc1nc(C(F)(F)F)cs1. The average molecular weight is 401 g/mol. The summed E-state index contributed by atoms with van der Waals surface area (Å²) >= 11 is 0.922. The zero-order valence-electron chi connectivity index (χ0n) is 14.3. The van der Waals surface area contributed by atoms with Crippen molar-refractivity contribution >= 4 is 23.2 Å². The highest BCUT2D eigenvalue weighted by Crippen LogP contribution is 2.29. The Morgan fingerprint density at radius 2 is 2.07 bits per heavy atom. The molecule has 27 heavy (non-hydrogen) atoms. The summed E-state index contributed by atoms with van der Waals surface area (Å²) in [6.45, 7) is 0.287. The highest BCUT2D eigenvalue weighted by Gasteiger charge is 2.33. The Morgan fingerprint density at radius 3 is 2.70 bits per heavy atom. The first-order valence-electron chi connectivity index (χ1n) is 7.74. The quantitative estimate of drug-likeness (QED) is 0.486. The highest BCUT2D eigenvalue weighted by atomic mass is 32.1. The normalized spacial score (nSPS) is 11.9. The molecule has 1 aromatic carbocycles. The molecule has 1 aromatic heterocycles. The number of carbonyl (C=O) groups excluding carboxylic acids is 1. The van der Waals surface area contributed by atoms with Crippen molar-refractivity contribution < 1.29 is 22.7 Å². The number of nitrogens with two attached hydrogens (primary N) is 1. The van der Waals surface area contributed by atoms with Gasteiger partial charge in [0.25, 0.3) is 5.91 Å². The molecular formula is C16H18F3N5O2S. The van der Waals surface area contributed by atoms with Crippen LogP contribution in [0.2, 0.25) is 0 Å². The fourth-order valence-electron chi connectivity index (χ4n) is 1.99. The summed E-state index contributed by atoms with van der Waals surface area (Å²) in [5.41, 5.74) is 4.99. The lowest BCUT2D eigenvalue weighted by molar-refractivity contribution is -0.140. The van der Waals surface area contributed by atoms with E-state index in [9.17, 15) is 18.0 Å². The number of alkyl halides is 3. The molecule has 4 N–H and O–H groups in total. The number of amides is 1. The molecule has 0 unspecified atom stereocenters. The van der Waals surface area contributed by atoms with Crippen molar-refractivity contribution in [2.75, 3.05) is 13.7 Å². The highest BCUT2D eigenvalue weighted by molar-refractivity contribution is 7.09. The van der Waals surface area contributed by atoms with Crippen LogP contribution in [0.25, 0.3) is 0 Å². The Bertz CT molecular complexity index is 807. The maximum absolute atomic E-state index is 12.6. The van der Waals surface area contributed by atoms with Crippen LogP contribution in [0.5, 0.6) is 5.75 Å². The van der Waals surface area contributed by atoms with Crippen molar-refractivity contribution in [1.82, 2.24) is 15.6 Å². The maximum Gasteiger partial charge on any atom is 0.434 e. The van der Waals surface area contributed by atoms with Gasteiger partial charge in [0, 0.05) is 19.0 Å². The molecule has 0 aliphatic heterocycles. The van der Waals surface area contributed by atoms with Crippen LogP contribution in [-0.4, -0.2) is 30.5 Å². The zero-order chi connectivity index (χ0) is 19.9. The molecule has 2 rings (SSSR count). The van der Waals surface area contributed by atoms with Crippen LogP contribution in [0.4, 0.5) is 13.2 Å². The molecule has 1 heterocycles. The van der Waals surface area contributed by atoms with E-state index in [0.29, 0.717) is 23.3 Å². The summed E-state index contributed by atoms with van der Waals surface area (Å²) in [5.74, 6) is 0.333. The molecule has 0 bridgehead atoms.